The number of sulfonamides is 1. The highest BCUT2D eigenvalue weighted by Crippen LogP contribution is 2.26. The van der Waals surface area contributed by atoms with Crippen molar-refractivity contribution in [2.24, 2.45) is 0 Å². The normalized spacial score (nSPS) is 11.9. The fraction of sp³-hybridized carbons (Fsp3) is 0.250. The van der Waals surface area contributed by atoms with E-state index in [0.29, 0.717) is 11.3 Å². The molecule has 0 unspecified atom stereocenters. The Morgan fingerprint density at radius 2 is 1.93 bits per heavy atom. The molecule has 0 aliphatic heterocycles. The van der Waals surface area contributed by atoms with E-state index in [2.05, 4.69) is 4.98 Å². The first-order valence-corrected chi connectivity index (χ1v) is 10.7. The van der Waals surface area contributed by atoms with Crippen molar-refractivity contribution in [1.82, 2.24) is 9.29 Å². The molecule has 0 spiro atoms. The highest BCUT2D eigenvalue weighted by atomic mass is 35.5. The predicted molar refractivity (Wildman–Crippen MR) is 112 cm³/mol. The second kappa shape index (κ2) is 8.96. The molecule has 1 aromatic heterocycles. The van der Waals surface area contributed by atoms with Crippen LogP contribution in [0, 0.1) is 0 Å². The summed E-state index contributed by atoms with van der Waals surface area (Å²) < 4.78 is 32.7. The first-order valence-electron chi connectivity index (χ1n) is 8.92. The van der Waals surface area contributed by atoms with E-state index in [1.54, 1.807) is 43.5 Å². The molecule has 0 fully saturated rings. The minimum absolute atomic E-state index is 0.0413. The van der Waals surface area contributed by atoms with E-state index in [1.165, 1.54) is 12.1 Å². The number of pyridine rings is 1. The lowest BCUT2D eigenvalue weighted by Crippen LogP contribution is -2.34. The molecule has 2 aromatic carbocycles. The minimum Gasteiger partial charge on any atom is -0.497 e. The minimum atomic E-state index is -3.97. The van der Waals surface area contributed by atoms with Crippen molar-refractivity contribution < 1.29 is 18.3 Å². The number of hydrogen-bond donors (Lipinski definition) is 2. The van der Waals surface area contributed by atoms with Gasteiger partial charge in [-0.1, -0.05) is 23.7 Å². The van der Waals surface area contributed by atoms with Gasteiger partial charge in [0.05, 0.1) is 12.1 Å². The van der Waals surface area contributed by atoms with Crippen LogP contribution in [0.2, 0.25) is 5.02 Å². The molecule has 0 radical (unpaired) electrons. The van der Waals surface area contributed by atoms with Crippen molar-refractivity contribution in [1.29, 1.82) is 0 Å². The smallest absolute Gasteiger partial charge is 0.252 e. The quantitative estimate of drug-likeness (QED) is 0.565. The maximum absolute atomic E-state index is 13.2. The molecule has 3 rings (SSSR count). The van der Waals surface area contributed by atoms with E-state index < -0.39 is 10.0 Å². The Labute approximate surface area is 173 Å². The number of rotatable bonds is 8. The zero-order valence-electron chi connectivity index (χ0n) is 15.8. The Morgan fingerprint density at radius 1 is 1.17 bits per heavy atom. The summed E-state index contributed by atoms with van der Waals surface area (Å²) in [5.41, 5.74) is 0.515. The van der Waals surface area contributed by atoms with Gasteiger partial charge in [-0.05, 0) is 42.8 Å². The molecule has 3 aromatic rings. The van der Waals surface area contributed by atoms with Crippen LogP contribution in [-0.2, 0) is 16.6 Å². The number of aliphatic hydroxyl groups excluding tert-OH is 1. The van der Waals surface area contributed by atoms with Gasteiger partial charge in [0.15, 0.2) is 0 Å². The first kappa shape index (κ1) is 21.3. The first-order chi connectivity index (χ1) is 13.9. The van der Waals surface area contributed by atoms with Gasteiger partial charge in [0.2, 0.25) is 10.0 Å². The van der Waals surface area contributed by atoms with E-state index in [4.69, 9.17) is 16.3 Å². The monoisotopic (exact) mass is 436 g/mol. The van der Waals surface area contributed by atoms with E-state index in [0.717, 1.165) is 9.69 Å². The molecule has 1 heterocycles. The molecular formula is C20H21ClN2O5S. The Morgan fingerprint density at radius 3 is 2.62 bits per heavy atom. The van der Waals surface area contributed by atoms with Crippen LogP contribution in [0.5, 0.6) is 5.75 Å². The van der Waals surface area contributed by atoms with Crippen molar-refractivity contribution in [3.63, 3.8) is 0 Å². The molecule has 0 saturated heterocycles. The number of aromatic nitrogens is 1. The van der Waals surface area contributed by atoms with Gasteiger partial charge >= 0.3 is 0 Å². The zero-order chi connectivity index (χ0) is 21.0. The van der Waals surface area contributed by atoms with Crippen molar-refractivity contribution >= 4 is 32.5 Å². The number of aliphatic hydroxyl groups is 1. The lowest BCUT2D eigenvalue weighted by atomic mass is 10.1. The highest BCUT2D eigenvalue weighted by molar-refractivity contribution is 7.89. The van der Waals surface area contributed by atoms with Crippen molar-refractivity contribution in [2.75, 3.05) is 20.3 Å². The maximum Gasteiger partial charge on any atom is 0.252 e. The maximum atomic E-state index is 13.2. The highest BCUT2D eigenvalue weighted by Gasteiger charge is 2.27. The fourth-order valence-electron chi connectivity index (χ4n) is 2.99. The van der Waals surface area contributed by atoms with E-state index >= 15 is 0 Å². The number of H-pyrrole nitrogens is 1. The van der Waals surface area contributed by atoms with Gasteiger partial charge in [-0.25, -0.2) is 8.42 Å². The Hall–Kier alpha value is -2.39. The Kier molecular flexibility index (Phi) is 6.59. The summed E-state index contributed by atoms with van der Waals surface area (Å²) in [5, 5.41) is 10.0. The molecule has 154 valence electrons. The number of halogens is 1. The number of methoxy groups -OCH3 is 1. The molecular weight excluding hydrogens is 416 g/mol. The van der Waals surface area contributed by atoms with Gasteiger partial charge in [-0.2, -0.15) is 4.31 Å². The predicted octanol–water partition coefficient (Wildman–Crippen LogP) is 2.76. The van der Waals surface area contributed by atoms with E-state index in [9.17, 15) is 18.3 Å². The molecule has 2 N–H and O–H groups in total. The third-order valence-electron chi connectivity index (χ3n) is 4.50. The van der Waals surface area contributed by atoms with Gasteiger partial charge in [-0.3, -0.25) is 4.79 Å². The summed E-state index contributed by atoms with van der Waals surface area (Å²) in [7, 11) is -2.43. The molecule has 0 aliphatic carbocycles. The molecule has 9 heteroatoms. The lowest BCUT2D eigenvalue weighted by Gasteiger charge is -2.22. The van der Waals surface area contributed by atoms with Gasteiger partial charge in [0.1, 0.15) is 10.6 Å². The van der Waals surface area contributed by atoms with Crippen LogP contribution in [0.1, 0.15) is 12.0 Å². The van der Waals surface area contributed by atoms with Crippen LogP contribution in [0.3, 0.4) is 0 Å². The summed E-state index contributed by atoms with van der Waals surface area (Å²) in [6.07, 6.45) is 0.225. The summed E-state index contributed by atoms with van der Waals surface area (Å²) in [6.45, 7) is -0.296. The van der Waals surface area contributed by atoms with Crippen molar-refractivity contribution in [2.45, 2.75) is 17.9 Å². The molecule has 29 heavy (non-hydrogen) atoms. The van der Waals surface area contributed by atoms with E-state index in [1.807, 2.05) is 0 Å². The summed E-state index contributed by atoms with van der Waals surface area (Å²) in [6, 6.07) is 13.0. The number of ether oxygens (including phenoxy) is 1. The van der Waals surface area contributed by atoms with Crippen molar-refractivity contribution in [3.05, 3.63) is 69.5 Å². The van der Waals surface area contributed by atoms with Gasteiger partial charge < -0.3 is 14.8 Å². The third-order valence-corrected chi connectivity index (χ3v) is 6.84. The van der Waals surface area contributed by atoms with Crippen LogP contribution in [0.25, 0.3) is 10.9 Å². The summed E-state index contributed by atoms with van der Waals surface area (Å²) in [5.74, 6) is 0.622. The zero-order valence-corrected chi connectivity index (χ0v) is 17.3. The molecule has 0 amide bonds. The number of fused-ring (bicyclic) bond motifs is 1. The van der Waals surface area contributed by atoms with Gasteiger partial charge in [-0.15, -0.1) is 0 Å². The fourth-order valence-corrected chi connectivity index (χ4v) is 4.94. The Balaban J connectivity index is 2.04. The molecule has 0 bridgehead atoms. The standard InChI is InChI=1S/C20H21ClN2O5S/c1-28-16-7-8-18-14(12-16)11-15(20(25)22-18)13-23(9-4-10-24)29(26,27)19-6-3-2-5-17(19)21/h2-3,5-8,11-12,24H,4,9-10,13H2,1H3,(H,22,25). The number of hydrogen-bond acceptors (Lipinski definition) is 5. The van der Waals surface area contributed by atoms with Crippen LogP contribution in [0.15, 0.2) is 58.2 Å². The average Bonchev–Trinajstić information content (AvgIpc) is 2.71. The lowest BCUT2D eigenvalue weighted by molar-refractivity contribution is 0.267. The molecule has 0 aliphatic rings. The largest absolute Gasteiger partial charge is 0.497 e. The number of benzene rings is 2. The molecule has 0 atom stereocenters. The summed E-state index contributed by atoms with van der Waals surface area (Å²) in [4.78, 5) is 15.3. The van der Waals surface area contributed by atoms with Crippen LogP contribution in [0.4, 0.5) is 0 Å². The van der Waals surface area contributed by atoms with Crippen molar-refractivity contribution in [3.8, 4) is 5.75 Å². The third kappa shape index (κ3) is 4.62. The average molecular weight is 437 g/mol. The summed E-state index contributed by atoms with van der Waals surface area (Å²) >= 11 is 6.10. The Bertz CT molecular complexity index is 1180. The number of nitrogens with one attached hydrogen (secondary N) is 1. The number of nitrogens with zero attached hydrogens (tertiary/aromatic N) is 1. The van der Waals surface area contributed by atoms with Gasteiger partial charge in [0.25, 0.3) is 5.56 Å². The van der Waals surface area contributed by atoms with Gasteiger partial charge in [0, 0.05) is 36.2 Å². The van der Waals surface area contributed by atoms with E-state index in [-0.39, 0.29) is 47.2 Å². The van der Waals surface area contributed by atoms with Crippen LogP contribution in [-0.4, -0.2) is 43.1 Å². The second-order valence-corrected chi connectivity index (χ2v) is 8.74. The molecule has 7 nitrogen and oxygen atoms in total. The second-order valence-electron chi connectivity index (χ2n) is 6.42. The topological polar surface area (TPSA) is 99.7 Å². The van der Waals surface area contributed by atoms with Crippen LogP contribution < -0.4 is 10.3 Å². The molecule has 0 saturated carbocycles. The van der Waals surface area contributed by atoms with Crippen LogP contribution >= 0.6 is 11.6 Å². The SMILES string of the molecule is COc1ccc2[nH]c(=O)c(CN(CCCO)S(=O)(=O)c3ccccc3Cl)cc2c1. The number of aromatic amines is 1.